The van der Waals surface area contributed by atoms with Crippen molar-refractivity contribution in [3.8, 4) is 0 Å². The van der Waals surface area contributed by atoms with E-state index in [9.17, 15) is 38.7 Å². The molecule has 0 radical (unpaired) electrons. The number of amides is 3. The fourth-order valence-electron chi connectivity index (χ4n) is 2.82. The van der Waals surface area contributed by atoms with Crippen LogP contribution < -0.4 is 21.7 Å². The summed E-state index contributed by atoms with van der Waals surface area (Å²) < 4.78 is 0. The van der Waals surface area contributed by atoms with Gasteiger partial charge in [0, 0.05) is 12.8 Å². The predicted molar refractivity (Wildman–Crippen MR) is 117 cm³/mol. The van der Waals surface area contributed by atoms with Crippen LogP contribution in [0.4, 0.5) is 0 Å². The summed E-state index contributed by atoms with van der Waals surface area (Å²) in [5.74, 6) is -9.06. The third-order valence-corrected chi connectivity index (χ3v) is 5.07. The van der Waals surface area contributed by atoms with Gasteiger partial charge in [0.1, 0.15) is 18.1 Å². The first-order chi connectivity index (χ1) is 16.2. The lowest BCUT2D eigenvalue weighted by Crippen LogP contribution is -2.58. The Balaban J connectivity index is 5.62. The molecule has 0 spiro atoms. The van der Waals surface area contributed by atoms with Gasteiger partial charge in [0.2, 0.25) is 17.7 Å². The molecule has 0 aromatic carbocycles. The Bertz CT molecular complexity index is 817. The Labute approximate surface area is 200 Å². The van der Waals surface area contributed by atoms with Crippen LogP contribution in [0.3, 0.4) is 0 Å². The molecule has 35 heavy (non-hydrogen) atoms. The van der Waals surface area contributed by atoms with Gasteiger partial charge in [0.05, 0.1) is 12.5 Å². The Morgan fingerprint density at radius 1 is 0.714 bits per heavy atom. The summed E-state index contributed by atoms with van der Waals surface area (Å²) >= 11 is 0. The number of hydrogen-bond acceptors (Lipinski definition) is 8. The number of aliphatic carboxylic acids is 4. The molecule has 0 heterocycles. The first-order valence-corrected chi connectivity index (χ1v) is 10.7. The number of carboxylic acids is 4. The molecule has 0 aromatic rings. The average Bonchev–Trinajstić information content (AvgIpc) is 2.76. The topological polar surface area (TPSA) is 263 Å². The van der Waals surface area contributed by atoms with Crippen molar-refractivity contribution in [2.24, 2.45) is 11.7 Å². The van der Waals surface area contributed by atoms with Gasteiger partial charge in [-0.3, -0.25) is 28.8 Å². The number of carbonyl (C=O) groups is 7. The highest BCUT2D eigenvalue weighted by atomic mass is 16.4. The highest BCUT2D eigenvalue weighted by Gasteiger charge is 2.33. The standard InChI is InChI=1S/C20H32N4O11/c1-3-9(2)16(20(34)35)24-18(32)11(5-7-14(27)28)22-19(33)12(8-15(29)30)23-17(31)10(21)4-6-13(25)26/h9-12,16H,3-8,21H2,1-2H3,(H,22,33)(H,23,31)(H,24,32)(H,25,26)(H,27,28)(H,29,30)(H,34,35). The van der Waals surface area contributed by atoms with Crippen LogP contribution in [0.25, 0.3) is 0 Å². The van der Waals surface area contributed by atoms with E-state index in [0.29, 0.717) is 6.42 Å². The summed E-state index contributed by atoms with van der Waals surface area (Å²) in [6.07, 6.45) is -2.33. The minimum absolute atomic E-state index is 0.293. The molecule has 0 saturated carbocycles. The van der Waals surface area contributed by atoms with E-state index in [4.69, 9.17) is 21.1 Å². The Hall–Kier alpha value is -3.75. The number of nitrogens with two attached hydrogens (primary N) is 1. The first-order valence-electron chi connectivity index (χ1n) is 10.7. The lowest BCUT2D eigenvalue weighted by molar-refractivity contribution is -0.145. The van der Waals surface area contributed by atoms with Gasteiger partial charge in [-0.1, -0.05) is 20.3 Å². The Morgan fingerprint density at radius 3 is 1.66 bits per heavy atom. The molecule has 198 valence electrons. The molecule has 0 saturated heterocycles. The van der Waals surface area contributed by atoms with E-state index in [-0.39, 0.29) is 6.42 Å². The minimum atomic E-state index is -1.74. The molecule has 0 bridgehead atoms. The third kappa shape index (κ3) is 12.3. The maximum Gasteiger partial charge on any atom is 0.326 e. The summed E-state index contributed by atoms with van der Waals surface area (Å²) in [4.78, 5) is 81.9. The molecule has 0 rings (SSSR count). The molecular formula is C20H32N4O11. The van der Waals surface area contributed by atoms with Crippen molar-refractivity contribution in [2.45, 2.75) is 76.5 Å². The van der Waals surface area contributed by atoms with Crippen LogP contribution in [0, 0.1) is 5.92 Å². The molecule has 0 aromatic heterocycles. The van der Waals surface area contributed by atoms with Gasteiger partial charge in [-0.05, 0) is 18.8 Å². The van der Waals surface area contributed by atoms with Gasteiger partial charge in [-0.2, -0.15) is 0 Å². The fraction of sp³-hybridized carbons (Fsp3) is 0.650. The third-order valence-electron chi connectivity index (χ3n) is 5.07. The van der Waals surface area contributed by atoms with Gasteiger partial charge in [0.25, 0.3) is 0 Å². The molecule has 3 amide bonds. The van der Waals surface area contributed by atoms with Gasteiger partial charge >= 0.3 is 23.9 Å². The summed E-state index contributed by atoms with van der Waals surface area (Å²) in [7, 11) is 0. The SMILES string of the molecule is CCC(C)C(NC(=O)C(CCC(=O)O)NC(=O)C(CC(=O)O)NC(=O)C(N)CCC(=O)O)C(=O)O. The van der Waals surface area contributed by atoms with Crippen LogP contribution in [0.5, 0.6) is 0 Å². The van der Waals surface area contributed by atoms with E-state index in [1.807, 2.05) is 0 Å². The predicted octanol–water partition coefficient (Wildman–Crippen LogP) is -1.90. The largest absolute Gasteiger partial charge is 0.481 e. The second-order valence-electron chi connectivity index (χ2n) is 7.90. The lowest BCUT2D eigenvalue weighted by Gasteiger charge is -2.26. The zero-order chi connectivity index (χ0) is 27.3. The molecule has 0 aliphatic carbocycles. The van der Waals surface area contributed by atoms with Crippen molar-refractivity contribution in [1.29, 1.82) is 0 Å². The summed E-state index contributed by atoms with van der Waals surface area (Å²) in [6.45, 7) is 3.26. The van der Waals surface area contributed by atoms with Crippen molar-refractivity contribution < 1.29 is 54.0 Å². The summed E-state index contributed by atoms with van der Waals surface area (Å²) in [5, 5.41) is 42.5. The van der Waals surface area contributed by atoms with E-state index in [2.05, 4.69) is 16.0 Å². The normalized spacial score (nSPS) is 14.9. The van der Waals surface area contributed by atoms with E-state index < -0.39 is 97.4 Å². The Morgan fingerprint density at radius 2 is 1.20 bits per heavy atom. The van der Waals surface area contributed by atoms with Crippen LogP contribution in [-0.4, -0.2) is 86.2 Å². The lowest BCUT2D eigenvalue weighted by atomic mass is 9.98. The maximum atomic E-state index is 12.7. The van der Waals surface area contributed by atoms with Crippen molar-refractivity contribution in [3.63, 3.8) is 0 Å². The van der Waals surface area contributed by atoms with E-state index >= 15 is 0 Å². The number of carboxylic acid groups (broad SMARTS) is 4. The molecule has 15 nitrogen and oxygen atoms in total. The number of nitrogens with one attached hydrogen (secondary N) is 3. The second kappa shape index (κ2) is 15.2. The average molecular weight is 504 g/mol. The van der Waals surface area contributed by atoms with Crippen LogP contribution in [-0.2, 0) is 33.6 Å². The van der Waals surface area contributed by atoms with Crippen LogP contribution in [0.1, 0.15) is 52.4 Å². The monoisotopic (exact) mass is 504 g/mol. The molecule has 15 heteroatoms. The number of hydrogen-bond donors (Lipinski definition) is 8. The first kappa shape index (κ1) is 31.2. The zero-order valence-electron chi connectivity index (χ0n) is 19.4. The van der Waals surface area contributed by atoms with E-state index in [1.165, 1.54) is 0 Å². The summed E-state index contributed by atoms with van der Waals surface area (Å²) in [5.41, 5.74) is 5.56. The second-order valence-corrected chi connectivity index (χ2v) is 7.90. The molecule has 9 N–H and O–H groups in total. The zero-order valence-corrected chi connectivity index (χ0v) is 19.4. The Kier molecular flexibility index (Phi) is 13.6. The molecule has 0 aliphatic rings. The molecule has 0 aliphatic heterocycles. The van der Waals surface area contributed by atoms with Gasteiger partial charge in [-0.25, -0.2) is 4.79 Å². The van der Waals surface area contributed by atoms with Crippen LogP contribution in [0.2, 0.25) is 0 Å². The van der Waals surface area contributed by atoms with Crippen molar-refractivity contribution in [2.75, 3.05) is 0 Å². The highest BCUT2D eigenvalue weighted by Crippen LogP contribution is 2.10. The molecule has 5 atom stereocenters. The molecule has 0 fully saturated rings. The van der Waals surface area contributed by atoms with E-state index in [1.54, 1.807) is 13.8 Å². The minimum Gasteiger partial charge on any atom is -0.481 e. The van der Waals surface area contributed by atoms with E-state index in [0.717, 1.165) is 0 Å². The molecular weight excluding hydrogens is 472 g/mol. The van der Waals surface area contributed by atoms with Crippen molar-refractivity contribution in [1.82, 2.24) is 16.0 Å². The summed E-state index contributed by atoms with van der Waals surface area (Å²) in [6, 6.07) is -5.99. The number of carbonyl (C=O) groups excluding carboxylic acids is 3. The van der Waals surface area contributed by atoms with Crippen molar-refractivity contribution >= 4 is 41.6 Å². The smallest absolute Gasteiger partial charge is 0.326 e. The number of rotatable bonds is 17. The van der Waals surface area contributed by atoms with Gasteiger partial charge in [-0.15, -0.1) is 0 Å². The van der Waals surface area contributed by atoms with Crippen LogP contribution in [0.15, 0.2) is 0 Å². The van der Waals surface area contributed by atoms with Crippen LogP contribution >= 0.6 is 0 Å². The van der Waals surface area contributed by atoms with Crippen molar-refractivity contribution in [3.05, 3.63) is 0 Å². The fourth-order valence-corrected chi connectivity index (χ4v) is 2.82. The molecule has 5 unspecified atom stereocenters. The highest BCUT2D eigenvalue weighted by molar-refractivity contribution is 5.95. The quantitative estimate of drug-likeness (QED) is 0.108. The van der Waals surface area contributed by atoms with Gasteiger partial charge in [0.15, 0.2) is 0 Å². The maximum absolute atomic E-state index is 12.7. The van der Waals surface area contributed by atoms with Gasteiger partial charge < -0.3 is 42.1 Å².